The molecular weight excluding hydrogens is 222 g/mol. The molecule has 0 aromatic heterocycles. The fraction of sp³-hybridized carbons (Fsp3) is 0.625. The second-order valence-electron chi connectivity index (χ2n) is 6.13. The lowest BCUT2D eigenvalue weighted by atomic mass is 9.85. The van der Waals surface area contributed by atoms with Gasteiger partial charge in [-0.15, -0.1) is 0 Å². The average Bonchev–Trinajstić information content (AvgIpc) is 3.16. The first-order chi connectivity index (χ1) is 8.65. The van der Waals surface area contributed by atoms with Crippen LogP contribution in [0.4, 0.5) is 0 Å². The normalized spacial score (nSPS) is 29.4. The number of hydrogen-bond donors (Lipinski definition) is 1. The Labute approximate surface area is 110 Å². The highest BCUT2D eigenvalue weighted by Gasteiger charge is 2.32. The zero-order valence-electron chi connectivity index (χ0n) is 11.4. The van der Waals surface area contributed by atoms with Crippen LogP contribution in [-0.2, 0) is 0 Å². The Kier molecular flexibility index (Phi) is 3.06. The fourth-order valence-electron chi connectivity index (χ4n) is 3.27. The van der Waals surface area contributed by atoms with Crippen LogP contribution in [0.3, 0.4) is 0 Å². The van der Waals surface area contributed by atoms with Crippen LogP contribution in [0.15, 0.2) is 18.2 Å². The van der Waals surface area contributed by atoms with E-state index in [-0.39, 0.29) is 0 Å². The third-order valence-corrected chi connectivity index (χ3v) is 4.55. The Morgan fingerprint density at radius 3 is 2.56 bits per heavy atom. The predicted octanol–water partition coefficient (Wildman–Crippen LogP) is 3.47. The van der Waals surface area contributed by atoms with Gasteiger partial charge >= 0.3 is 0 Å². The average molecular weight is 245 g/mol. The van der Waals surface area contributed by atoms with E-state index >= 15 is 0 Å². The smallest absolute Gasteiger partial charge is 0.115 e. The molecule has 18 heavy (non-hydrogen) atoms. The van der Waals surface area contributed by atoms with Crippen molar-refractivity contribution < 1.29 is 5.11 Å². The molecule has 1 aromatic carbocycles. The minimum Gasteiger partial charge on any atom is -0.508 e. The van der Waals surface area contributed by atoms with Crippen LogP contribution >= 0.6 is 0 Å². The van der Waals surface area contributed by atoms with Crippen LogP contribution in [-0.4, -0.2) is 29.1 Å². The van der Waals surface area contributed by atoms with Crippen LogP contribution in [0.2, 0.25) is 0 Å². The van der Waals surface area contributed by atoms with Crippen molar-refractivity contribution >= 4 is 0 Å². The quantitative estimate of drug-likeness (QED) is 0.819. The lowest BCUT2D eigenvalue weighted by molar-refractivity contribution is 0.235. The third kappa shape index (κ3) is 2.26. The van der Waals surface area contributed by atoms with Gasteiger partial charge in [-0.2, -0.15) is 0 Å². The first-order valence-electron chi connectivity index (χ1n) is 7.22. The summed E-state index contributed by atoms with van der Waals surface area (Å²) in [4.78, 5) is 2.68. The van der Waals surface area contributed by atoms with Crippen molar-refractivity contribution in [3.05, 3.63) is 29.3 Å². The number of aromatic hydroxyl groups is 1. The maximum absolute atomic E-state index is 9.69. The van der Waals surface area contributed by atoms with E-state index in [9.17, 15) is 5.11 Å². The van der Waals surface area contributed by atoms with E-state index in [0.717, 1.165) is 6.04 Å². The summed E-state index contributed by atoms with van der Waals surface area (Å²) in [5, 5.41) is 9.69. The summed E-state index contributed by atoms with van der Waals surface area (Å²) >= 11 is 0. The van der Waals surface area contributed by atoms with Crippen LogP contribution < -0.4 is 0 Å². The van der Waals surface area contributed by atoms with Gasteiger partial charge in [0.15, 0.2) is 0 Å². The van der Waals surface area contributed by atoms with Crippen molar-refractivity contribution in [3.63, 3.8) is 0 Å². The fourth-order valence-corrected chi connectivity index (χ4v) is 3.27. The first kappa shape index (κ1) is 12.0. The number of rotatable bonds is 1. The second-order valence-corrected chi connectivity index (χ2v) is 6.13. The molecule has 0 saturated heterocycles. The molecule has 1 N–H and O–H groups in total. The molecule has 1 heterocycles. The highest BCUT2D eigenvalue weighted by atomic mass is 16.3. The van der Waals surface area contributed by atoms with Gasteiger partial charge in [0.05, 0.1) is 0 Å². The van der Waals surface area contributed by atoms with E-state index in [0.29, 0.717) is 17.6 Å². The number of phenolic OH excluding ortho intramolecular Hbond substituents is 1. The molecule has 0 bridgehead atoms. The Morgan fingerprint density at radius 2 is 1.83 bits per heavy atom. The van der Waals surface area contributed by atoms with Crippen molar-refractivity contribution in [2.45, 2.75) is 51.0 Å². The van der Waals surface area contributed by atoms with Gasteiger partial charge < -0.3 is 5.11 Å². The molecule has 2 unspecified atom stereocenters. The molecule has 2 heteroatoms. The van der Waals surface area contributed by atoms with Crippen molar-refractivity contribution in [3.8, 4) is 5.75 Å². The largest absolute Gasteiger partial charge is 0.508 e. The standard InChI is InChI=1S/C16H23NO/c1-11-7-8-17(13-3-4-13)10-12(2)15-6-5-14(18)9-16(11)15/h5-6,9,11-13,18H,3-4,7-8,10H2,1-2H3. The van der Waals surface area contributed by atoms with E-state index in [1.807, 2.05) is 12.1 Å². The molecular formula is C16H23NO. The zero-order chi connectivity index (χ0) is 12.7. The molecule has 1 aromatic rings. The molecule has 2 nitrogen and oxygen atoms in total. The van der Waals surface area contributed by atoms with Gasteiger partial charge in [-0.3, -0.25) is 4.90 Å². The van der Waals surface area contributed by atoms with Gasteiger partial charge in [0, 0.05) is 12.6 Å². The van der Waals surface area contributed by atoms with E-state index in [1.54, 1.807) is 0 Å². The van der Waals surface area contributed by atoms with Crippen molar-refractivity contribution in [2.75, 3.05) is 13.1 Å². The maximum Gasteiger partial charge on any atom is 0.115 e. The molecule has 98 valence electrons. The lowest BCUT2D eigenvalue weighted by Gasteiger charge is -2.32. The Hall–Kier alpha value is -1.02. The van der Waals surface area contributed by atoms with Crippen molar-refractivity contribution in [1.29, 1.82) is 0 Å². The molecule has 1 fully saturated rings. The van der Waals surface area contributed by atoms with E-state index < -0.39 is 0 Å². The summed E-state index contributed by atoms with van der Waals surface area (Å²) in [7, 11) is 0. The molecule has 1 saturated carbocycles. The summed E-state index contributed by atoms with van der Waals surface area (Å²) in [5.74, 6) is 1.53. The minimum atomic E-state index is 0.410. The summed E-state index contributed by atoms with van der Waals surface area (Å²) in [6.45, 7) is 7.01. The topological polar surface area (TPSA) is 23.5 Å². The van der Waals surface area contributed by atoms with Gasteiger partial charge in [-0.25, -0.2) is 0 Å². The number of benzene rings is 1. The minimum absolute atomic E-state index is 0.410. The summed E-state index contributed by atoms with van der Waals surface area (Å²) in [6, 6.07) is 6.80. The molecule has 1 aliphatic carbocycles. The predicted molar refractivity (Wildman–Crippen MR) is 74.1 cm³/mol. The van der Waals surface area contributed by atoms with Gasteiger partial charge in [0.2, 0.25) is 0 Å². The Balaban J connectivity index is 1.92. The highest BCUT2D eigenvalue weighted by Crippen LogP contribution is 2.37. The van der Waals surface area contributed by atoms with Crippen LogP contribution in [0.1, 0.15) is 56.1 Å². The second kappa shape index (κ2) is 4.58. The monoisotopic (exact) mass is 245 g/mol. The summed E-state index contributed by atoms with van der Waals surface area (Å²) in [5.41, 5.74) is 2.79. The third-order valence-electron chi connectivity index (χ3n) is 4.55. The van der Waals surface area contributed by atoms with Gasteiger partial charge in [-0.1, -0.05) is 19.9 Å². The number of phenols is 1. The van der Waals surface area contributed by atoms with Gasteiger partial charge in [0.1, 0.15) is 5.75 Å². The van der Waals surface area contributed by atoms with Crippen LogP contribution in [0.25, 0.3) is 0 Å². The molecule has 0 spiro atoms. The van der Waals surface area contributed by atoms with Crippen molar-refractivity contribution in [1.82, 2.24) is 4.90 Å². The number of hydrogen-bond acceptors (Lipinski definition) is 2. The molecule has 2 aliphatic rings. The molecule has 0 radical (unpaired) electrons. The lowest BCUT2D eigenvalue weighted by Crippen LogP contribution is -2.33. The number of fused-ring (bicyclic) bond motifs is 1. The highest BCUT2D eigenvalue weighted by molar-refractivity contribution is 5.39. The molecule has 2 atom stereocenters. The number of nitrogens with zero attached hydrogens (tertiary/aromatic N) is 1. The first-order valence-corrected chi connectivity index (χ1v) is 7.22. The zero-order valence-corrected chi connectivity index (χ0v) is 11.4. The van der Waals surface area contributed by atoms with E-state index in [1.165, 1.54) is 43.5 Å². The van der Waals surface area contributed by atoms with Crippen molar-refractivity contribution in [2.24, 2.45) is 0 Å². The Morgan fingerprint density at radius 1 is 1.06 bits per heavy atom. The van der Waals surface area contributed by atoms with Crippen LogP contribution in [0, 0.1) is 0 Å². The van der Waals surface area contributed by atoms with Gasteiger partial charge in [0.25, 0.3) is 0 Å². The summed E-state index contributed by atoms with van der Waals surface area (Å²) < 4.78 is 0. The van der Waals surface area contributed by atoms with E-state index in [2.05, 4.69) is 24.8 Å². The van der Waals surface area contributed by atoms with E-state index in [4.69, 9.17) is 0 Å². The molecule has 0 amide bonds. The SMILES string of the molecule is CC1CCN(C2CC2)CC(C)c2ccc(O)cc21. The molecule has 1 aliphatic heterocycles. The van der Waals surface area contributed by atoms with Gasteiger partial charge in [-0.05, 0) is 60.9 Å². The molecule has 3 rings (SSSR count). The van der Waals surface area contributed by atoms with Crippen LogP contribution in [0.5, 0.6) is 5.75 Å². The Bertz CT molecular complexity index is 439. The maximum atomic E-state index is 9.69. The summed E-state index contributed by atoms with van der Waals surface area (Å²) in [6.07, 6.45) is 3.99.